The van der Waals surface area contributed by atoms with Crippen molar-refractivity contribution in [3.8, 4) is 0 Å². The van der Waals surface area contributed by atoms with Crippen LogP contribution in [0, 0.1) is 5.92 Å². The van der Waals surface area contributed by atoms with Crippen LogP contribution in [0.15, 0.2) is 30.3 Å². The first-order valence-corrected chi connectivity index (χ1v) is 10.0. The maximum Gasteiger partial charge on any atom is 0.410 e. The Morgan fingerprint density at radius 1 is 0.963 bits per heavy atom. The Bertz CT molecular complexity index is 606. The Kier molecular flexibility index (Phi) is 7.10. The molecule has 2 fully saturated rings. The van der Waals surface area contributed by atoms with Gasteiger partial charge in [0.2, 0.25) is 5.91 Å². The molecule has 0 N–H and O–H groups in total. The second-order valence-electron chi connectivity index (χ2n) is 7.28. The molecule has 1 aliphatic heterocycles. The van der Waals surface area contributed by atoms with Crippen LogP contribution in [0.4, 0.5) is 4.79 Å². The van der Waals surface area contributed by atoms with Gasteiger partial charge < -0.3 is 19.3 Å². The summed E-state index contributed by atoms with van der Waals surface area (Å²) in [6.07, 6.45) is 3.76. The van der Waals surface area contributed by atoms with E-state index in [4.69, 9.17) is 9.47 Å². The van der Waals surface area contributed by atoms with Crippen molar-refractivity contribution >= 4 is 12.0 Å². The highest BCUT2D eigenvalue weighted by atomic mass is 16.6. The van der Waals surface area contributed by atoms with Crippen molar-refractivity contribution in [2.45, 2.75) is 45.3 Å². The quantitative estimate of drug-likeness (QED) is 0.795. The monoisotopic (exact) mass is 374 g/mol. The number of hydrogen-bond donors (Lipinski definition) is 0. The number of rotatable bonds is 5. The van der Waals surface area contributed by atoms with Gasteiger partial charge in [0.05, 0.1) is 6.10 Å². The van der Waals surface area contributed by atoms with Gasteiger partial charge in [0.1, 0.15) is 6.61 Å². The number of carbonyl (C=O) groups is 2. The van der Waals surface area contributed by atoms with E-state index in [2.05, 4.69) is 0 Å². The Morgan fingerprint density at radius 3 is 2.22 bits per heavy atom. The molecule has 0 spiro atoms. The third-order valence-electron chi connectivity index (χ3n) is 5.48. The molecule has 0 aromatic heterocycles. The van der Waals surface area contributed by atoms with Gasteiger partial charge in [-0.15, -0.1) is 0 Å². The largest absolute Gasteiger partial charge is 0.445 e. The lowest BCUT2D eigenvalue weighted by Gasteiger charge is -2.37. The molecule has 0 unspecified atom stereocenters. The lowest BCUT2D eigenvalue weighted by molar-refractivity contribution is -0.139. The molecule has 1 aromatic rings. The predicted octanol–water partition coefficient (Wildman–Crippen LogP) is 3.06. The number of nitrogens with zero attached hydrogens (tertiary/aromatic N) is 2. The normalized spacial score (nSPS) is 23.1. The topological polar surface area (TPSA) is 59.1 Å². The van der Waals surface area contributed by atoms with Crippen LogP contribution in [-0.2, 0) is 20.9 Å². The molecule has 6 nitrogen and oxygen atoms in total. The zero-order chi connectivity index (χ0) is 19.1. The zero-order valence-electron chi connectivity index (χ0n) is 16.1. The van der Waals surface area contributed by atoms with Gasteiger partial charge in [-0.25, -0.2) is 4.79 Å². The van der Waals surface area contributed by atoms with E-state index in [-0.39, 0.29) is 24.5 Å². The summed E-state index contributed by atoms with van der Waals surface area (Å²) >= 11 is 0. The standard InChI is InChI=1S/C21H30N2O4/c1-2-26-19-10-8-18(9-11-19)20(24)22-12-14-23(15-13-22)21(25)27-16-17-6-4-3-5-7-17/h3-7,18-19H,2,8-16H2,1H3/t18-,19+. The number of ether oxygens (including phenoxy) is 2. The molecule has 1 saturated carbocycles. The van der Waals surface area contributed by atoms with Crippen LogP contribution in [0.2, 0.25) is 0 Å². The molecule has 6 heteroatoms. The number of hydrogen-bond acceptors (Lipinski definition) is 4. The minimum absolute atomic E-state index is 0.110. The van der Waals surface area contributed by atoms with Gasteiger partial charge in [-0.3, -0.25) is 4.79 Å². The fourth-order valence-electron chi connectivity index (χ4n) is 3.89. The molecule has 3 rings (SSSR count). The molecule has 2 amide bonds. The molecule has 0 bridgehead atoms. The Balaban J connectivity index is 1.39. The first kappa shape index (κ1) is 19.7. The van der Waals surface area contributed by atoms with Crippen LogP contribution >= 0.6 is 0 Å². The van der Waals surface area contributed by atoms with Gasteiger partial charge in [0.15, 0.2) is 0 Å². The molecule has 1 aliphatic carbocycles. The molecule has 1 aromatic carbocycles. The minimum Gasteiger partial charge on any atom is -0.445 e. The minimum atomic E-state index is -0.303. The molecular formula is C21H30N2O4. The fraction of sp³-hybridized carbons (Fsp3) is 0.619. The number of piperazine rings is 1. The van der Waals surface area contributed by atoms with Crippen molar-refractivity contribution in [1.29, 1.82) is 0 Å². The molecule has 27 heavy (non-hydrogen) atoms. The summed E-state index contributed by atoms with van der Waals surface area (Å²) in [4.78, 5) is 28.6. The van der Waals surface area contributed by atoms with Gasteiger partial charge in [-0.05, 0) is 38.2 Å². The maximum atomic E-state index is 12.8. The average Bonchev–Trinajstić information content (AvgIpc) is 2.73. The van der Waals surface area contributed by atoms with Crippen LogP contribution in [-0.4, -0.2) is 60.7 Å². The van der Waals surface area contributed by atoms with E-state index in [0.717, 1.165) is 37.9 Å². The van der Waals surface area contributed by atoms with Crippen LogP contribution in [0.3, 0.4) is 0 Å². The lowest BCUT2D eigenvalue weighted by atomic mass is 9.86. The van der Waals surface area contributed by atoms with Crippen molar-refractivity contribution < 1.29 is 19.1 Å². The molecular weight excluding hydrogens is 344 g/mol. The Labute approximate surface area is 161 Å². The van der Waals surface area contributed by atoms with Gasteiger partial charge in [0.25, 0.3) is 0 Å². The van der Waals surface area contributed by atoms with Gasteiger partial charge in [-0.1, -0.05) is 30.3 Å². The van der Waals surface area contributed by atoms with Crippen molar-refractivity contribution in [1.82, 2.24) is 9.80 Å². The van der Waals surface area contributed by atoms with Crippen LogP contribution in [0.25, 0.3) is 0 Å². The zero-order valence-corrected chi connectivity index (χ0v) is 16.1. The van der Waals surface area contributed by atoms with Crippen molar-refractivity contribution in [3.05, 3.63) is 35.9 Å². The van der Waals surface area contributed by atoms with E-state index in [0.29, 0.717) is 32.3 Å². The summed E-state index contributed by atoms with van der Waals surface area (Å²) in [6, 6.07) is 9.66. The van der Waals surface area contributed by atoms with Crippen LogP contribution < -0.4 is 0 Å². The van der Waals surface area contributed by atoms with Crippen LogP contribution in [0.5, 0.6) is 0 Å². The van der Waals surface area contributed by atoms with E-state index >= 15 is 0 Å². The molecule has 0 radical (unpaired) electrons. The second-order valence-corrected chi connectivity index (χ2v) is 7.28. The summed E-state index contributed by atoms with van der Waals surface area (Å²) in [5.41, 5.74) is 0.974. The summed E-state index contributed by atoms with van der Waals surface area (Å²) in [5, 5.41) is 0. The van der Waals surface area contributed by atoms with E-state index in [9.17, 15) is 9.59 Å². The van der Waals surface area contributed by atoms with E-state index in [1.54, 1.807) is 4.90 Å². The van der Waals surface area contributed by atoms with Crippen molar-refractivity contribution in [2.75, 3.05) is 32.8 Å². The first-order chi connectivity index (χ1) is 13.2. The molecule has 2 aliphatic rings. The lowest BCUT2D eigenvalue weighted by Crippen LogP contribution is -2.52. The molecule has 148 valence electrons. The van der Waals surface area contributed by atoms with Crippen molar-refractivity contribution in [3.63, 3.8) is 0 Å². The smallest absolute Gasteiger partial charge is 0.410 e. The third kappa shape index (κ3) is 5.45. The fourth-order valence-corrected chi connectivity index (χ4v) is 3.89. The number of benzene rings is 1. The Morgan fingerprint density at radius 2 is 1.59 bits per heavy atom. The van der Waals surface area contributed by atoms with E-state index in [1.165, 1.54) is 0 Å². The maximum absolute atomic E-state index is 12.8. The Hall–Kier alpha value is -2.08. The SMILES string of the molecule is CCO[C@H]1CC[C@@H](C(=O)N2CCN(C(=O)OCc3ccccc3)CC2)CC1. The third-order valence-corrected chi connectivity index (χ3v) is 5.48. The van der Waals surface area contributed by atoms with E-state index < -0.39 is 0 Å². The molecule has 1 saturated heterocycles. The number of carbonyl (C=O) groups excluding carboxylic acids is 2. The van der Waals surface area contributed by atoms with Gasteiger partial charge in [-0.2, -0.15) is 0 Å². The molecule has 1 heterocycles. The van der Waals surface area contributed by atoms with E-state index in [1.807, 2.05) is 42.2 Å². The summed E-state index contributed by atoms with van der Waals surface area (Å²) < 4.78 is 11.1. The predicted molar refractivity (Wildman–Crippen MR) is 102 cm³/mol. The number of amides is 2. The van der Waals surface area contributed by atoms with Crippen LogP contribution in [0.1, 0.15) is 38.2 Å². The molecule has 0 atom stereocenters. The summed E-state index contributed by atoms with van der Waals surface area (Å²) in [6.45, 7) is 5.28. The van der Waals surface area contributed by atoms with Gasteiger partial charge in [0, 0.05) is 38.7 Å². The second kappa shape index (κ2) is 9.74. The summed E-state index contributed by atoms with van der Waals surface area (Å²) in [7, 11) is 0. The van der Waals surface area contributed by atoms with Crippen molar-refractivity contribution in [2.24, 2.45) is 5.92 Å². The highest BCUT2D eigenvalue weighted by Crippen LogP contribution is 2.28. The highest BCUT2D eigenvalue weighted by molar-refractivity contribution is 5.79. The van der Waals surface area contributed by atoms with Gasteiger partial charge >= 0.3 is 6.09 Å². The average molecular weight is 374 g/mol. The first-order valence-electron chi connectivity index (χ1n) is 10.0. The summed E-state index contributed by atoms with van der Waals surface area (Å²) in [5.74, 6) is 0.348. The highest BCUT2D eigenvalue weighted by Gasteiger charge is 2.32.